The van der Waals surface area contributed by atoms with Crippen molar-refractivity contribution in [1.82, 2.24) is 10.6 Å². The first kappa shape index (κ1) is 18.2. The molecule has 3 amide bonds. The molecular formula is C18H18BrN3O4. The van der Waals surface area contributed by atoms with Crippen molar-refractivity contribution in [3.63, 3.8) is 0 Å². The van der Waals surface area contributed by atoms with Crippen LogP contribution in [0.1, 0.15) is 17.0 Å². The molecule has 0 radical (unpaired) electrons. The number of hydrogen-bond acceptors (Lipinski definition) is 4. The highest BCUT2D eigenvalue weighted by Gasteiger charge is 2.35. The number of carbonyl (C=O) groups excluding carboxylic acids is 3. The van der Waals surface area contributed by atoms with Crippen LogP contribution in [0.25, 0.3) is 0 Å². The first-order valence-corrected chi connectivity index (χ1v) is 9.00. The van der Waals surface area contributed by atoms with Gasteiger partial charge >= 0.3 is 0 Å². The smallest absolute Gasteiger partial charge is 0.287 e. The fraction of sp³-hybridized carbons (Fsp3) is 0.278. The second kappa shape index (κ2) is 8.18. The molecule has 1 aromatic heterocycles. The van der Waals surface area contributed by atoms with Gasteiger partial charge in [-0.25, -0.2) is 0 Å². The maximum atomic E-state index is 12.3. The summed E-state index contributed by atoms with van der Waals surface area (Å²) in [6.45, 7) is 0.900. The fourth-order valence-electron chi connectivity index (χ4n) is 2.79. The number of nitrogens with one attached hydrogen (secondary N) is 2. The summed E-state index contributed by atoms with van der Waals surface area (Å²) in [6, 6.07) is 10.6. The molecule has 136 valence electrons. The molecule has 7 nitrogen and oxygen atoms in total. The molecule has 2 heterocycles. The van der Waals surface area contributed by atoms with Crippen molar-refractivity contribution in [1.29, 1.82) is 0 Å². The number of benzene rings is 1. The van der Waals surface area contributed by atoms with Crippen LogP contribution >= 0.6 is 15.9 Å². The van der Waals surface area contributed by atoms with Crippen molar-refractivity contribution in [3.05, 3.63) is 52.9 Å². The first-order valence-electron chi connectivity index (χ1n) is 8.20. The van der Waals surface area contributed by atoms with Crippen molar-refractivity contribution in [3.8, 4) is 0 Å². The molecule has 0 spiro atoms. The average molecular weight is 420 g/mol. The maximum Gasteiger partial charge on any atom is 0.287 e. The molecule has 1 fully saturated rings. The van der Waals surface area contributed by atoms with E-state index in [9.17, 15) is 14.4 Å². The van der Waals surface area contributed by atoms with Gasteiger partial charge in [-0.3, -0.25) is 14.4 Å². The highest BCUT2D eigenvalue weighted by molar-refractivity contribution is 9.10. The third kappa shape index (κ3) is 4.13. The third-order valence-corrected chi connectivity index (χ3v) is 4.76. The van der Waals surface area contributed by atoms with Crippen LogP contribution in [0.2, 0.25) is 0 Å². The second-order valence-corrected chi connectivity index (χ2v) is 6.74. The summed E-state index contributed by atoms with van der Waals surface area (Å²) in [7, 11) is 0. The summed E-state index contributed by atoms with van der Waals surface area (Å²) in [5.74, 6) is -0.791. The van der Waals surface area contributed by atoms with Gasteiger partial charge < -0.3 is 20.0 Å². The van der Waals surface area contributed by atoms with Crippen molar-refractivity contribution in [2.75, 3.05) is 24.5 Å². The van der Waals surface area contributed by atoms with Crippen LogP contribution < -0.4 is 15.5 Å². The number of nitrogens with zero attached hydrogens (tertiary/aromatic N) is 1. The zero-order valence-corrected chi connectivity index (χ0v) is 15.5. The fourth-order valence-corrected chi connectivity index (χ4v) is 3.29. The molecule has 2 N–H and O–H groups in total. The molecule has 3 rings (SSSR count). The Morgan fingerprint density at radius 2 is 1.92 bits per heavy atom. The van der Waals surface area contributed by atoms with Crippen LogP contribution in [0, 0.1) is 5.92 Å². The van der Waals surface area contributed by atoms with Crippen LogP contribution in [-0.2, 0) is 9.59 Å². The Balaban J connectivity index is 1.46. The Kier molecular flexibility index (Phi) is 5.72. The van der Waals surface area contributed by atoms with Crippen LogP contribution in [0.3, 0.4) is 0 Å². The molecule has 1 unspecified atom stereocenters. The quantitative estimate of drug-likeness (QED) is 0.699. The molecule has 1 atom stereocenters. The van der Waals surface area contributed by atoms with E-state index in [1.807, 2.05) is 24.3 Å². The van der Waals surface area contributed by atoms with Crippen molar-refractivity contribution < 1.29 is 18.8 Å². The Hall–Kier alpha value is -2.61. The lowest BCUT2D eigenvalue weighted by Crippen LogP contribution is -2.38. The molecule has 1 saturated heterocycles. The summed E-state index contributed by atoms with van der Waals surface area (Å²) in [4.78, 5) is 37.9. The number of carbonyl (C=O) groups is 3. The van der Waals surface area contributed by atoms with Gasteiger partial charge in [0.1, 0.15) is 0 Å². The molecule has 1 aromatic carbocycles. The van der Waals surface area contributed by atoms with Crippen LogP contribution in [0.4, 0.5) is 5.69 Å². The summed E-state index contributed by atoms with van der Waals surface area (Å²) < 4.78 is 5.80. The lowest BCUT2D eigenvalue weighted by Gasteiger charge is -2.18. The van der Waals surface area contributed by atoms with E-state index in [2.05, 4.69) is 26.6 Å². The topological polar surface area (TPSA) is 91.7 Å². The monoisotopic (exact) mass is 419 g/mol. The summed E-state index contributed by atoms with van der Waals surface area (Å²) in [5, 5.41) is 5.41. The van der Waals surface area contributed by atoms with Gasteiger partial charge in [0, 0.05) is 30.5 Å². The van der Waals surface area contributed by atoms with Gasteiger partial charge in [-0.05, 0) is 40.2 Å². The number of amides is 3. The molecule has 1 aliphatic heterocycles. The average Bonchev–Trinajstić information content (AvgIpc) is 3.29. The van der Waals surface area contributed by atoms with Gasteiger partial charge in [-0.2, -0.15) is 0 Å². The number of furan rings is 1. The van der Waals surface area contributed by atoms with Gasteiger partial charge in [0.05, 0.1) is 17.9 Å². The molecule has 0 saturated carbocycles. The Labute approximate surface area is 158 Å². The highest BCUT2D eigenvalue weighted by Crippen LogP contribution is 2.31. The molecule has 1 aliphatic rings. The minimum Gasteiger partial charge on any atom is -0.459 e. The SMILES string of the molecule is O=C(NCCNC(=O)C1CC(=O)N(c2ccccc2Br)C1)c1ccco1. The summed E-state index contributed by atoms with van der Waals surface area (Å²) in [6.07, 6.45) is 1.59. The second-order valence-electron chi connectivity index (χ2n) is 5.88. The molecule has 2 aromatic rings. The Morgan fingerprint density at radius 3 is 2.65 bits per heavy atom. The normalized spacial score (nSPS) is 16.6. The number of halogens is 1. The largest absolute Gasteiger partial charge is 0.459 e. The molecular weight excluding hydrogens is 402 g/mol. The first-order chi connectivity index (χ1) is 12.6. The van der Waals surface area contributed by atoms with E-state index in [0.717, 1.165) is 10.2 Å². The van der Waals surface area contributed by atoms with E-state index in [-0.39, 0.29) is 43.0 Å². The predicted octanol–water partition coefficient (Wildman–Crippen LogP) is 1.94. The van der Waals surface area contributed by atoms with Crippen LogP contribution in [-0.4, -0.2) is 37.4 Å². The van der Waals surface area contributed by atoms with Gasteiger partial charge in [0.15, 0.2) is 5.76 Å². The summed E-state index contributed by atoms with van der Waals surface area (Å²) in [5.41, 5.74) is 0.763. The van der Waals surface area contributed by atoms with E-state index in [1.54, 1.807) is 17.0 Å². The van der Waals surface area contributed by atoms with Crippen molar-refractivity contribution >= 4 is 39.3 Å². The van der Waals surface area contributed by atoms with Crippen LogP contribution in [0.15, 0.2) is 51.6 Å². The molecule has 8 heteroatoms. The standard InChI is InChI=1S/C18H18BrN3O4/c19-13-4-1-2-5-14(13)22-11-12(10-16(22)23)17(24)20-7-8-21-18(25)15-6-3-9-26-15/h1-6,9,12H,7-8,10-11H2,(H,20,24)(H,21,25). The van der Waals surface area contributed by atoms with E-state index in [4.69, 9.17) is 4.42 Å². The minimum absolute atomic E-state index is 0.0804. The lowest BCUT2D eigenvalue weighted by molar-refractivity contribution is -0.126. The summed E-state index contributed by atoms with van der Waals surface area (Å²) >= 11 is 3.43. The zero-order chi connectivity index (χ0) is 18.5. The predicted molar refractivity (Wildman–Crippen MR) is 98.7 cm³/mol. The van der Waals surface area contributed by atoms with Gasteiger partial charge in [-0.15, -0.1) is 0 Å². The highest BCUT2D eigenvalue weighted by atomic mass is 79.9. The zero-order valence-electron chi connectivity index (χ0n) is 13.9. The number of hydrogen-bond donors (Lipinski definition) is 2. The van der Waals surface area contributed by atoms with Gasteiger partial charge in [-0.1, -0.05) is 12.1 Å². The number of rotatable bonds is 6. The van der Waals surface area contributed by atoms with E-state index < -0.39 is 5.92 Å². The van der Waals surface area contributed by atoms with Gasteiger partial charge in [0.25, 0.3) is 5.91 Å². The molecule has 0 aliphatic carbocycles. The van der Waals surface area contributed by atoms with Crippen molar-refractivity contribution in [2.24, 2.45) is 5.92 Å². The van der Waals surface area contributed by atoms with Crippen LogP contribution in [0.5, 0.6) is 0 Å². The molecule has 0 bridgehead atoms. The maximum absolute atomic E-state index is 12.3. The van der Waals surface area contributed by atoms with E-state index in [0.29, 0.717) is 6.54 Å². The Bertz CT molecular complexity index is 807. The lowest BCUT2D eigenvalue weighted by atomic mass is 10.1. The van der Waals surface area contributed by atoms with Gasteiger partial charge in [0.2, 0.25) is 11.8 Å². The number of para-hydroxylation sites is 1. The van der Waals surface area contributed by atoms with E-state index >= 15 is 0 Å². The third-order valence-electron chi connectivity index (χ3n) is 4.09. The van der Waals surface area contributed by atoms with Crippen molar-refractivity contribution in [2.45, 2.75) is 6.42 Å². The molecule has 26 heavy (non-hydrogen) atoms. The minimum atomic E-state index is -0.407. The van der Waals surface area contributed by atoms with E-state index in [1.165, 1.54) is 6.26 Å². The number of anilines is 1. The Morgan fingerprint density at radius 1 is 1.15 bits per heavy atom.